The molecule has 0 amide bonds. The highest BCUT2D eigenvalue weighted by Crippen LogP contribution is 2.20. The van der Waals surface area contributed by atoms with E-state index < -0.39 is 0 Å². The van der Waals surface area contributed by atoms with Gasteiger partial charge in [0.25, 0.3) is 0 Å². The largest absolute Gasteiger partial charge is 0.381 e. The van der Waals surface area contributed by atoms with Gasteiger partial charge in [-0.05, 0) is 25.2 Å². The molecule has 0 unspecified atom stereocenters. The topological polar surface area (TPSA) is 44.9 Å². The molecule has 1 fully saturated rings. The molecule has 3 heterocycles. The van der Waals surface area contributed by atoms with Crippen molar-refractivity contribution in [3.63, 3.8) is 0 Å². The highest BCUT2D eigenvalue weighted by molar-refractivity contribution is 5.44. The minimum absolute atomic E-state index is 0.750. The predicted molar refractivity (Wildman–Crippen MR) is 72.6 cm³/mol. The van der Waals surface area contributed by atoms with Crippen LogP contribution in [-0.2, 0) is 18.3 Å². The first-order valence-electron chi connectivity index (χ1n) is 6.91. The van der Waals surface area contributed by atoms with Crippen molar-refractivity contribution in [3.05, 3.63) is 24.8 Å². The number of rotatable bonds is 5. The van der Waals surface area contributed by atoms with Crippen LogP contribution in [0.5, 0.6) is 0 Å². The maximum atomic E-state index is 5.41. The number of hydrogen-bond acceptors (Lipinski definition) is 3. The maximum absolute atomic E-state index is 5.41. The average Bonchev–Trinajstić information content (AvgIpc) is 3.10. The molecule has 5 heteroatoms. The van der Waals surface area contributed by atoms with Gasteiger partial charge < -0.3 is 13.9 Å². The first-order valence-corrected chi connectivity index (χ1v) is 6.91. The van der Waals surface area contributed by atoms with Gasteiger partial charge in [-0.2, -0.15) is 0 Å². The van der Waals surface area contributed by atoms with Crippen LogP contribution < -0.4 is 0 Å². The summed E-state index contributed by atoms with van der Waals surface area (Å²) in [4.78, 5) is 8.79. The molecule has 0 N–H and O–H groups in total. The second-order valence-electron chi connectivity index (χ2n) is 5.18. The lowest BCUT2D eigenvalue weighted by molar-refractivity contribution is 0.183. The molecule has 2 aromatic heterocycles. The molecule has 2 aromatic rings. The van der Waals surface area contributed by atoms with Gasteiger partial charge in [-0.3, -0.25) is 0 Å². The van der Waals surface area contributed by atoms with Crippen molar-refractivity contribution in [3.8, 4) is 11.6 Å². The minimum atomic E-state index is 0.750. The highest BCUT2D eigenvalue weighted by atomic mass is 16.5. The monoisotopic (exact) mass is 260 g/mol. The lowest BCUT2D eigenvalue weighted by Gasteiger charge is -2.10. The Morgan fingerprint density at radius 2 is 2.11 bits per heavy atom. The van der Waals surface area contributed by atoms with Crippen LogP contribution in [0.25, 0.3) is 11.6 Å². The molecule has 102 valence electrons. The van der Waals surface area contributed by atoms with Gasteiger partial charge in [-0.25, -0.2) is 9.97 Å². The molecule has 5 nitrogen and oxygen atoms in total. The van der Waals surface area contributed by atoms with Gasteiger partial charge in [0.2, 0.25) is 0 Å². The SMILES string of the molecule is Cn1ccnc1-c1nccn1CCC[C@H]1CCOC1. The van der Waals surface area contributed by atoms with Crippen LogP contribution in [-0.4, -0.2) is 32.3 Å². The quantitative estimate of drug-likeness (QED) is 0.827. The van der Waals surface area contributed by atoms with Gasteiger partial charge in [0.1, 0.15) is 0 Å². The second-order valence-corrected chi connectivity index (χ2v) is 5.18. The van der Waals surface area contributed by atoms with Crippen molar-refractivity contribution >= 4 is 0 Å². The zero-order chi connectivity index (χ0) is 13.1. The van der Waals surface area contributed by atoms with Gasteiger partial charge in [0, 0.05) is 51.6 Å². The van der Waals surface area contributed by atoms with Gasteiger partial charge in [0.15, 0.2) is 11.6 Å². The molecule has 0 radical (unpaired) electrons. The third kappa shape index (κ3) is 2.71. The normalized spacial score (nSPS) is 19.1. The fourth-order valence-corrected chi connectivity index (χ4v) is 2.64. The van der Waals surface area contributed by atoms with Crippen LogP contribution in [0.4, 0.5) is 0 Å². The lowest BCUT2D eigenvalue weighted by atomic mass is 10.0. The summed E-state index contributed by atoms with van der Waals surface area (Å²) in [7, 11) is 2.00. The van der Waals surface area contributed by atoms with Crippen molar-refractivity contribution in [1.82, 2.24) is 19.1 Å². The van der Waals surface area contributed by atoms with E-state index >= 15 is 0 Å². The number of ether oxygens (including phenoxy) is 1. The Balaban J connectivity index is 1.62. The van der Waals surface area contributed by atoms with Gasteiger partial charge in [-0.15, -0.1) is 0 Å². The maximum Gasteiger partial charge on any atom is 0.176 e. The molecule has 1 aliphatic heterocycles. The highest BCUT2D eigenvalue weighted by Gasteiger charge is 2.15. The number of aromatic nitrogens is 4. The van der Waals surface area contributed by atoms with Crippen LogP contribution in [0.3, 0.4) is 0 Å². The third-order valence-corrected chi connectivity index (χ3v) is 3.77. The van der Waals surface area contributed by atoms with E-state index in [1.165, 1.54) is 19.3 Å². The van der Waals surface area contributed by atoms with Crippen molar-refractivity contribution in [1.29, 1.82) is 0 Å². The Morgan fingerprint density at radius 3 is 2.84 bits per heavy atom. The summed E-state index contributed by atoms with van der Waals surface area (Å²) in [6, 6.07) is 0. The van der Waals surface area contributed by atoms with Crippen molar-refractivity contribution in [2.24, 2.45) is 13.0 Å². The number of hydrogen-bond donors (Lipinski definition) is 0. The van der Waals surface area contributed by atoms with Crippen LogP contribution in [0.1, 0.15) is 19.3 Å². The van der Waals surface area contributed by atoms with E-state index in [1.54, 1.807) is 0 Å². The summed E-state index contributed by atoms with van der Waals surface area (Å²) >= 11 is 0. The Bertz CT molecular complexity index is 525. The summed E-state index contributed by atoms with van der Waals surface area (Å²) < 4.78 is 9.61. The summed E-state index contributed by atoms with van der Waals surface area (Å²) in [5, 5.41) is 0. The summed E-state index contributed by atoms with van der Waals surface area (Å²) in [5.74, 6) is 2.63. The molecule has 3 rings (SSSR count). The summed E-state index contributed by atoms with van der Waals surface area (Å²) in [6.45, 7) is 2.88. The third-order valence-electron chi connectivity index (χ3n) is 3.77. The molecule has 0 bridgehead atoms. The first-order chi connectivity index (χ1) is 9.34. The van der Waals surface area contributed by atoms with E-state index in [9.17, 15) is 0 Å². The Morgan fingerprint density at radius 1 is 1.26 bits per heavy atom. The van der Waals surface area contributed by atoms with E-state index in [0.29, 0.717) is 0 Å². The molecular formula is C14H20N4O. The number of imidazole rings is 2. The molecule has 1 saturated heterocycles. The average molecular weight is 260 g/mol. The van der Waals surface area contributed by atoms with E-state index in [1.807, 2.05) is 36.4 Å². The van der Waals surface area contributed by atoms with E-state index in [4.69, 9.17) is 4.74 Å². The van der Waals surface area contributed by atoms with E-state index in [-0.39, 0.29) is 0 Å². The fraction of sp³-hybridized carbons (Fsp3) is 0.571. The molecule has 0 saturated carbocycles. The number of aryl methyl sites for hydroxylation is 2. The molecule has 0 spiro atoms. The number of nitrogens with zero attached hydrogens (tertiary/aromatic N) is 4. The van der Waals surface area contributed by atoms with Crippen molar-refractivity contribution in [2.75, 3.05) is 13.2 Å². The van der Waals surface area contributed by atoms with Crippen LogP contribution in [0.2, 0.25) is 0 Å². The van der Waals surface area contributed by atoms with E-state index in [0.717, 1.165) is 37.3 Å². The summed E-state index contributed by atoms with van der Waals surface area (Å²) in [6.07, 6.45) is 11.3. The smallest absolute Gasteiger partial charge is 0.176 e. The van der Waals surface area contributed by atoms with Crippen LogP contribution in [0.15, 0.2) is 24.8 Å². The van der Waals surface area contributed by atoms with Crippen LogP contribution in [0, 0.1) is 5.92 Å². The fourth-order valence-electron chi connectivity index (χ4n) is 2.64. The minimum Gasteiger partial charge on any atom is -0.381 e. The van der Waals surface area contributed by atoms with Crippen LogP contribution >= 0.6 is 0 Å². The molecule has 0 aliphatic carbocycles. The van der Waals surface area contributed by atoms with Crippen molar-refractivity contribution in [2.45, 2.75) is 25.8 Å². The van der Waals surface area contributed by atoms with Crippen molar-refractivity contribution < 1.29 is 4.74 Å². The molecule has 1 atom stereocenters. The zero-order valence-electron chi connectivity index (χ0n) is 11.3. The Labute approximate surface area is 113 Å². The molecular weight excluding hydrogens is 240 g/mol. The zero-order valence-corrected chi connectivity index (χ0v) is 11.3. The Hall–Kier alpha value is -1.62. The molecule has 0 aromatic carbocycles. The van der Waals surface area contributed by atoms with Gasteiger partial charge in [-0.1, -0.05) is 0 Å². The first kappa shape index (κ1) is 12.4. The van der Waals surface area contributed by atoms with Gasteiger partial charge in [0.05, 0.1) is 0 Å². The summed E-state index contributed by atoms with van der Waals surface area (Å²) in [5.41, 5.74) is 0. The second kappa shape index (κ2) is 5.57. The Kier molecular flexibility index (Phi) is 3.64. The van der Waals surface area contributed by atoms with Gasteiger partial charge >= 0.3 is 0 Å². The molecule has 1 aliphatic rings. The standard InChI is InChI=1S/C14H20N4O/c1-17-8-5-15-13(17)14-16-6-9-18(14)7-2-3-12-4-10-19-11-12/h5-6,8-9,12H,2-4,7,10-11H2,1H3/t12-/m0/s1. The van der Waals surface area contributed by atoms with E-state index in [2.05, 4.69) is 14.5 Å². The molecule has 19 heavy (non-hydrogen) atoms. The lowest BCUT2D eigenvalue weighted by Crippen LogP contribution is -2.06. The predicted octanol–water partition coefficient (Wildman–Crippen LogP) is 2.10.